The van der Waals surface area contributed by atoms with Gasteiger partial charge in [0.2, 0.25) is 5.28 Å². The quantitative estimate of drug-likeness (QED) is 0.768. The fourth-order valence-electron chi connectivity index (χ4n) is 2.39. The Morgan fingerprint density at radius 3 is 2.53 bits per heavy atom. The summed E-state index contributed by atoms with van der Waals surface area (Å²) in [6.07, 6.45) is 6.48. The maximum atomic E-state index is 6.11. The number of halogens is 2. The number of hydrogen-bond donors (Lipinski definition) is 0. The first-order valence-corrected chi connectivity index (χ1v) is 6.74. The summed E-state index contributed by atoms with van der Waals surface area (Å²) in [6.45, 7) is 2.31. The monoisotopic (exact) mass is 273 g/mol. The first kappa shape index (κ1) is 12.9. The minimum Gasteiger partial charge on any atom is -0.355 e. The number of rotatable bonds is 2. The van der Waals surface area contributed by atoms with Crippen LogP contribution in [0.25, 0.3) is 0 Å². The molecule has 1 aliphatic rings. The molecule has 3 nitrogen and oxygen atoms in total. The lowest BCUT2D eigenvalue weighted by Crippen LogP contribution is -2.35. The number of nitrogens with zero attached hydrogens (tertiary/aromatic N) is 3. The predicted molar refractivity (Wildman–Crippen MR) is 71.9 cm³/mol. The van der Waals surface area contributed by atoms with Crippen LogP contribution >= 0.6 is 23.2 Å². The first-order valence-electron chi connectivity index (χ1n) is 5.99. The molecule has 17 heavy (non-hydrogen) atoms. The van der Waals surface area contributed by atoms with Gasteiger partial charge in [-0.15, -0.1) is 0 Å². The Morgan fingerprint density at radius 2 is 1.88 bits per heavy atom. The topological polar surface area (TPSA) is 29.0 Å². The van der Waals surface area contributed by atoms with E-state index in [-0.39, 0.29) is 5.28 Å². The van der Waals surface area contributed by atoms with Crippen LogP contribution in [0.5, 0.6) is 0 Å². The molecule has 1 aliphatic carbocycles. The van der Waals surface area contributed by atoms with Gasteiger partial charge >= 0.3 is 0 Å². The summed E-state index contributed by atoms with van der Waals surface area (Å²) in [5.41, 5.74) is 0. The molecule has 0 N–H and O–H groups in total. The summed E-state index contributed by atoms with van der Waals surface area (Å²) in [5, 5.41) is 0.816. The zero-order chi connectivity index (χ0) is 12.4. The second-order valence-corrected chi connectivity index (χ2v) is 5.58. The average molecular weight is 274 g/mol. The van der Waals surface area contributed by atoms with Gasteiger partial charge in [0.25, 0.3) is 0 Å². The molecule has 0 amide bonds. The minimum absolute atomic E-state index is 0.250. The van der Waals surface area contributed by atoms with Crippen molar-refractivity contribution in [2.24, 2.45) is 5.92 Å². The lowest BCUT2D eigenvalue weighted by atomic mass is 9.87. The highest BCUT2D eigenvalue weighted by Crippen LogP contribution is 2.31. The van der Waals surface area contributed by atoms with E-state index in [1.165, 1.54) is 25.7 Å². The molecule has 0 saturated heterocycles. The molecular weight excluding hydrogens is 257 g/mol. The molecule has 0 unspecified atom stereocenters. The normalized spacial score (nSPS) is 24.7. The van der Waals surface area contributed by atoms with Crippen LogP contribution in [0.2, 0.25) is 10.3 Å². The van der Waals surface area contributed by atoms with Gasteiger partial charge in [0.15, 0.2) is 5.82 Å². The minimum atomic E-state index is 0.250. The largest absolute Gasteiger partial charge is 0.355 e. The van der Waals surface area contributed by atoms with Gasteiger partial charge in [-0.3, -0.25) is 0 Å². The predicted octanol–water partition coefficient (Wildman–Crippen LogP) is 3.80. The van der Waals surface area contributed by atoms with Gasteiger partial charge in [0.05, 0.1) is 6.20 Å². The van der Waals surface area contributed by atoms with Crippen molar-refractivity contribution < 1.29 is 0 Å². The Morgan fingerprint density at radius 1 is 1.24 bits per heavy atom. The molecule has 1 heterocycles. The Balaban J connectivity index is 2.13. The van der Waals surface area contributed by atoms with E-state index in [9.17, 15) is 0 Å². The number of hydrogen-bond acceptors (Lipinski definition) is 3. The molecule has 5 heteroatoms. The van der Waals surface area contributed by atoms with Crippen LogP contribution in [-0.2, 0) is 0 Å². The maximum Gasteiger partial charge on any atom is 0.224 e. The van der Waals surface area contributed by atoms with Crippen molar-refractivity contribution in [1.29, 1.82) is 0 Å². The SMILES string of the molecule is CC1CCC(N(C)c2nc(Cl)ncc2Cl)CC1. The highest BCUT2D eigenvalue weighted by Gasteiger charge is 2.24. The van der Waals surface area contributed by atoms with E-state index in [0.717, 1.165) is 11.7 Å². The summed E-state index contributed by atoms with van der Waals surface area (Å²) in [6, 6.07) is 0.509. The molecule has 0 aliphatic heterocycles. The highest BCUT2D eigenvalue weighted by molar-refractivity contribution is 6.33. The highest BCUT2D eigenvalue weighted by atomic mass is 35.5. The molecule has 0 bridgehead atoms. The third-order valence-corrected chi connectivity index (χ3v) is 4.01. The van der Waals surface area contributed by atoms with Gasteiger partial charge < -0.3 is 4.90 Å². The van der Waals surface area contributed by atoms with Crippen LogP contribution in [0, 0.1) is 5.92 Å². The smallest absolute Gasteiger partial charge is 0.224 e. The molecule has 94 valence electrons. The summed E-state index contributed by atoms with van der Waals surface area (Å²) in [5.74, 6) is 1.58. The van der Waals surface area contributed by atoms with E-state index in [0.29, 0.717) is 11.1 Å². The Bertz CT molecular complexity index is 389. The lowest BCUT2D eigenvalue weighted by Gasteiger charge is -2.34. The summed E-state index contributed by atoms with van der Waals surface area (Å²) < 4.78 is 0. The number of aromatic nitrogens is 2. The van der Waals surface area contributed by atoms with Crippen LogP contribution < -0.4 is 4.90 Å². The van der Waals surface area contributed by atoms with Gasteiger partial charge in [-0.2, -0.15) is 4.98 Å². The van der Waals surface area contributed by atoms with Gasteiger partial charge in [-0.25, -0.2) is 4.98 Å². The van der Waals surface area contributed by atoms with Crippen molar-refractivity contribution in [2.45, 2.75) is 38.6 Å². The summed E-state index contributed by atoms with van der Waals surface area (Å²) in [4.78, 5) is 10.2. The second-order valence-electron chi connectivity index (χ2n) is 4.84. The molecule has 0 radical (unpaired) electrons. The van der Waals surface area contributed by atoms with Crippen molar-refractivity contribution in [3.05, 3.63) is 16.5 Å². The first-order chi connectivity index (χ1) is 8.08. The third-order valence-electron chi connectivity index (χ3n) is 3.56. The van der Waals surface area contributed by atoms with Gasteiger partial charge in [-0.05, 0) is 43.2 Å². The molecule has 0 atom stereocenters. The standard InChI is InChI=1S/C12H17Cl2N3/c1-8-3-5-9(6-4-8)17(2)11-10(13)7-15-12(14)16-11/h7-9H,3-6H2,1-2H3. The maximum absolute atomic E-state index is 6.11. The van der Waals surface area contributed by atoms with Gasteiger partial charge in [0, 0.05) is 13.1 Å². The van der Waals surface area contributed by atoms with Crippen molar-refractivity contribution in [3.8, 4) is 0 Å². The van der Waals surface area contributed by atoms with Crippen molar-refractivity contribution >= 4 is 29.0 Å². The van der Waals surface area contributed by atoms with Gasteiger partial charge in [0.1, 0.15) is 5.02 Å². The zero-order valence-electron chi connectivity index (χ0n) is 10.2. The number of anilines is 1. The van der Waals surface area contributed by atoms with Crippen LogP contribution in [0.4, 0.5) is 5.82 Å². The zero-order valence-corrected chi connectivity index (χ0v) is 11.7. The van der Waals surface area contributed by atoms with E-state index >= 15 is 0 Å². The van der Waals surface area contributed by atoms with E-state index in [1.54, 1.807) is 6.20 Å². The van der Waals surface area contributed by atoms with Crippen molar-refractivity contribution in [1.82, 2.24) is 9.97 Å². The van der Waals surface area contributed by atoms with Crippen LogP contribution in [-0.4, -0.2) is 23.1 Å². The molecule has 0 spiro atoms. The van der Waals surface area contributed by atoms with Crippen molar-refractivity contribution in [2.75, 3.05) is 11.9 Å². The average Bonchev–Trinajstić information content (AvgIpc) is 2.32. The molecule has 1 saturated carbocycles. The molecule has 2 rings (SSSR count). The lowest BCUT2D eigenvalue weighted by molar-refractivity contribution is 0.340. The summed E-state index contributed by atoms with van der Waals surface area (Å²) in [7, 11) is 2.03. The molecule has 1 fully saturated rings. The van der Waals surface area contributed by atoms with Crippen LogP contribution in [0.3, 0.4) is 0 Å². The molecule has 1 aromatic heterocycles. The fraction of sp³-hybridized carbons (Fsp3) is 0.667. The Hall–Kier alpha value is -0.540. The molecular formula is C12H17Cl2N3. The molecule has 1 aromatic rings. The Kier molecular flexibility index (Phi) is 4.10. The van der Waals surface area contributed by atoms with E-state index < -0.39 is 0 Å². The van der Waals surface area contributed by atoms with Crippen molar-refractivity contribution in [3.63, 3.8) is 0 Å². The van der Waals surface area contributed by atoms with E-state index in [2.05, 4.69) is 21.8 Å². The van der Waals surface area contributed by atoms with Crippen LogP contribution in [0.15, 0.2) is 6.20 Å². The summed E-state index contributed by atoms with van der Waals surface area (Å²) >= 11 is 11.9. The fourth-order valence-corrected chi connectivity index (χ4v) is 2.74. The third kappa shape index (κ3) is 3.02. The second kappa shape index (κ2) is 5.40. The molecule has 0 aromatic carbocycles. The Labute approximate surface area is 112 Å². The van der Waals surface area contributed by atoms with Crippen LogP contribution in [0.1, 0.15) is 32.6 Å². The van der Waals surface area contributed by atoms with Gasteiger partial charge in [-0.1, -0.05) is 18.5 Å². The van der Waals surface area contributed by atoms with E-state index in [1.807, 2.05) is 7.05 Å². The van der Waals surface area contributed by atoms with E-state index in [4.69, 9.17) is 23.2 Å².